The molecule has 0 aromatic heterocycles. The molecule has 4 nitrogen and oxygen atoms in total. The van der Waals surface area contributed by atoms with Crippen molar-refractivity contribution in [3.63, 3.8) is 0 Å². The summed E-state index contributed by atoms with van der Waals surface area (Å²) in [5, 5.41) is 0. The molecule has 0 amide bonds. The highest BCUT2D eigenvalue weighted by molar-refractivity contribution is 5.89. The van der Waals surface area contributed by atoms with Crippen molar-refractivity contribution in [2.24, 2.45) is 0 Å². The molecule has 0 bridgehead atoms. The normalized spacial score (nSPS) is 15.7. The van der Waals surface area contributed by atoms with E-state index in [-0.39, 0.29) is 5.97 Å². The molecule has 1 saturated heterocycles. The van der Waals surface area contributed by atoms with Gasteiger partial charge in [0.25, 0.3) is 0 Å². The van der Waals surface area contributed by atoms with Gasteiger partial charge in [0.15, 0.2) is 0 Å². The van der Waals surface area contributed by atoms with Gasteiger partial charge in [-0.15, -0.1) is 6.42 Å². The summed E-state index contributed by atoms with van der Waals surface area (Å²) in [6, 6.07) is 6.84. The first-order valence-electron chi connectivity index (χ1n) is 6.33. The summed E-state index contributed by atoms with van der Waals surface area (Å²) < 4.78 is 10.5. The van der Waals surface area contributed by atoms with E-state index >= 15 is 0 Å². The highest BCUT2D eigenvalue weighted by atomic mass is 16.5. The molecule has 1 aromatic rings. The molecule has 0 radical (unpaired) electrons. The number of morpholine rings is 1. The minimum absolute atomic E-state index is 0.308. The van der Waals surface area contributed by atoms with E-state index in [1.54, 1.807) is 24.3 Å². The van der Waals surface area contributed by atoms with Crippen molar-refractivity contribution in [3.05, 3.63) is 35.4 Å². The van der Waals surface area contributed by atoms with Crippen LogP contribution in [0.5, 0.6) is 0 Å². The van der Waals surface area contributed by atoms with Crippen LogP contribution in [0.4, 0.5) is 0 Å². The van der Waals surface area contributed by atoms with Gasteiger partial charge in [-0.2, -0.15) is 0 Å². The number of benzene rings is 1. The Balaban J connectivity index is 1.75. The molecule has 0 unspecified atom stereocenters. The molecule has 100 valence electrons. The van der Waals surface area contributed by atoms with Gasteiger partial charge in [0.05, 0.1) is 18.8 Å². The average Bonchev–Trinajstić information content (AvgIpc) is 2.48. The van der Waals surface area contributed by atoms with Crippen LogP contribution < -0.4 is 0 Å². The summed E-state index contributed by atoms with van der Waals surface area (Å²) in [5.74, 6) is 2.20. The SMILES string of the molecule is C#Cc1ccc(C(=O)OCCN2CCOCC2)cc1. The number of hydrogen-bond acceptors (Lipinski definition) is 4. The van der Waals surface area contributed by atoms with Gasteiger partial charge < -0.3 is 9.47 Å². The van der Waals surface area contributed by atoms with Gasteiger partial charge in [0, 0.05) is 25.2 Å². The molecule has 1 aliphatic rings. The van der Waals surface area contributed by atoms with Gasteiger partial charge in [-0.3, -0.25) is 4.90 Å². The molecule has 0 spiro atoms. The van der Waals surface area contributed by atoms with Crippen LogP contribution >= 0.6 is 0 Å². The Morgan fingerprint density at radius 3 is 2.63 bits per heavy atom. The maximum absolute atomic E-state index is 11.8. The first-order chi connectivity index (χ1) is 9.29. The second kappa shape index (κ2) is 6.93. The lowest BCUT2D eigenvalue weighted by atomic mass is 10.1. The summed E-state index contributed by atoms with van der Waals surface area (Å²) in [4.78, 5) is 14.0. The molecule has 1 fully saturated rings. The Bertz CT molecular complexity index is 455. The number of esters is 1. The van der Waals surface area contributed by atoms with Crippen molar-refractivity contribution in [2.45, 2.75) is 0 Å². The van der Waals surface area contributed by atoms with Gasteiger partial charge in [-0.05, 0) is 24.3 Å². The van der Waals surface area contributed by atoms with Crippen molar-refractivity contribution in [1.29, 1.82) is 0 Å². The lowest BCUT2D eigenvalue weighted by Crippen LogP contribution is -2.38. The summed E-state index contributed by atoms with van der Waals surface area (Å²) in [5.41, 5.74) is 1.28. The third kappa shape index (κ3) is 4.09. The molecule has 0 aliphatic carbocycles. The van der Waals surface area contributed by atoms with Gasteiger partial charge in [0.1, 0.15) is 6.61 Å². The molecular weight excluding hydrogens is 242 g/mol. The van der Waals surface area contributed by atoms with Crippen LogP contribution in [0.25, 0.3) is 0 Å². The van der Waals surface area contributed by atoms with Crippen LogP contribution in [0.2, 0.25) is 0 Å². The number of carbonyl (C=O) groups is 1. The van der Waals surface area contributed by atoms with E-state index in [1.807, 2.05) is 0 Å². The smallest absolute Gasteiger partial charge is 0.338 e. The third-order valence-corrected chi connectivity index (χ3v) is 3.03. The lowest BCUT2D eigenvalue weighted by molar-refractivity contribution is 0.0195. The number of terminal acetylenes is 1. The van der Waals surface area contributed by atoms with E-state index in [0.717, 1.165) is 38.4 Å². The van der Waals surface area contributed by atoms with E-state index < -0.39 is 0 Å². The first kappa shape index (κ1) is 13.6. The number of ether oxygens (including phenoxy) is 2. The quantitative estimate of drug-likeness (QED) is 0.601. The fourth-order valence-corrected chi connectivity index (χ4v) is 1.88. The number of hydrogen-bond donors (Lipinski definition) is 0. The van der Waals surface area contributed by atoms with Crippen LogP contribution in [0, 0.1) is 12.3 Å². The Morgan fingerprint density at radius 1 is 1.32 bits per heavy atom. The maximum atomic E-state index is 11.8. The summed E-state index contributed by atoms with van der Waals surface area (Å²) in [7, 11) is 0. The lowest BCUT2D eigenvalue weighted by Gasteiger charge is -2.26. The van der Waals surface area contributed by atoms with Crippen molar-refractivity contribution in [2.75, 3.05) is 39.5 Å². The Labute approximate surface area is 113 Å². The molecular formula is C15H17NO3. The Kier molecular flexibility index (Phi) is 4.96. The van der Waals surface area contributed by atoms with Crippen molar-refractivity contribution >= 4 is 5.97 Å². The van der Waals surface area contributed by atoms with Gasteiger partial charge in [-0.25, -0.2) is 4.79 Å². The van der Waals surface area contributed by atoms with Gasteiger partial charge >= 0.3 is 5.97 Å². The fourth-order valence-electron chi connectivity index (χ4n) is 1.88. The summed E-state index contributed by atoms with van der Waals surface area (Å²) in [6.45, 7) is 4.44. The monoisotopic (exact) mass is 259 g/mol. The van der Waals surface area contributed by atoms with E-state index in [1.165, 1.54) is 0 Å². The third-order valence-electron chi connectivity index (χ3n) is 3.03. The molecule has 1 heterocycles. The predicted molar refractivity (Wildman–Crippen MR) is 71.9 cm³/mol. The zero-order chi connectivity index (χ0) is 13.5. The Morgan fingerprint density at radius 2 is 2.00 bits per heavy atom. The van der Waals surface area contributed by atoms with Crippen molar-refractivity contribution in [3.8, 4) is 12.3 Å². The van der Waals surface area contributed by atoms with E-state index in [9.17, 15) is 4.79 Å². The summed E-state index contributed by atoms with van der Waals surface area (Å²) >= 11 is 0. The highest BCUT2D eigenvalue weighted by Crippen LogP contribution is 2.05. The summed E-state index contributed by atoms with van der Waals surface area (Å²) in [6.07, 6.45) is 5.26. The topological polar surface area (TPSA) is 38.8 Å². The van der Waals surface area contributed by atoms with Crippen molar-refractivity contribution < 1.29 is 14.3 Å². The minimum Gasteiger partial charge on any atom is -0.461 e. The van der Waals surface area contributed by atoms with E-state index in [4.69, 9.17) is 15.9 Å². The van der Waals surface area contributed by atoms with Crippen molar-refractivity contribution in [1.82, 2.24) is 4.90 Å². The first-order valence-corrected chi connectivity index (χ1v) is 6.33. The fraction of sp³-hybridized carbons (Fsp3) is 0.400. The number of nitrogens with zero attached hydrogens (tertiary/aromatic N) is 1. The average molecular weight is 259 g/mol. The molecule has 1 aromatic carbocycles. The molecule has 0 saturated carbocycles. The Hall–Kier alpha value is -1.83. The molecule has 19 heavy (non-hydrogen) atoms. The van der Waals surface area contributed by atoms with Crippen LogP contribution in [-0.4, -0.2) is 50.3 Å². The zero-order valence-electron chi connectivity index (χ0n) is 10.8. The predicted octanol–water partition coefficient (Wildman–Crippen LogP) is 1.16. The molecule has 1 aliphatic heterocycles. The molecule has 2 rings (SSSR count). The van der Waals surface area contributed by atoms with E-state index in [0.29, 0.717) is 12.2 Å². The molecule has 0 N–H and O–H groups in total. The standard InChI is InChI=1S/C15H17NO3/c1-2-13-3-5-14(6-4-13)15(17)19-12-9-16-7-10-18-11-8-16/h1,3-6H,7-12H2. The largest absolute Gasteiger partial charge is 0.461 e. The number of carbonyl (C=O) groups excluding carboxylic acids is 1. The second-order valence-electron chi connectivity index (χ2n) is 4.31. The minimum atomic E-state index is -0.308. The van der Waals surface area contributed by atoms with Crippen LogP contribution in [-0.2, 0) is 9.47 Å². The highest BCUT2D eigenvalue weighted by Gasteiger charge is 2.11. The maximum Gasteiger partial charge on any atom is 0.338 e. The van der Waals surface area contributed by atoms with E-state index in [2.05, 4.69) is 10.8 Å². The van der Waals surface area contributed by atoms with Crippen LogP contribution in [0.1, 0.15) is 15.9 Å². The van der Waals surface area contributed by atoms with Crippen LogP contribution in [0.3, 0.4) is 0 Å². The van der Waals surface area contributed by atoms with Crippen LogP contribution in [0.15, 0.2) is 24.3 Å². The second-order valence-corrected chi connectivity index (χ2v) is 4.31. The number of rotatable bonds is 4. The van der Waals surface area contributed by atoms with Gasteiger partial charge in [-0.1, -0.05) is 5.92 Å². The molecule has 0 atom stereocenters. The molecule has 4 heteroatoms. The van der Waals surface area contributed by atoms with Gasteiger partial charge in [0.2, 0.25) is 0 Å². The zero-order valence-corrected chi connectivity index (χ0v) is 10.8.